The largest absolute Gasteiger partial charge is 0.367 e. The summed E-state index contributed by atoms with van der Waals surface area (Å²) in [4.78, 5) is 15.3. The molecule has 4 rings (SSSR count). The van der Waals surface area contributed by atoms with Gasteiger partial charge in [-0.15, -0.1) is 0 Å². The Morgan fingerprint density at radius 1 is 1.10 bits per heavy atom. The number of benzene rings is 2. The van der Waals surface area contributed by atoms with Crippen LogP contribution in [-0.4, -0.2) is 22.2 Å². The number of nitrogens with one attached hydrogen (secondary N) is 1. The molecule has 0 radical (unpaired) electrons. The van der Waals surface area contributed by atoms with Gasteiger partial charge in [0.05, 0.1) is 12.1 Å². The minimum absolute atomic E-state index is 0.00423. The summed E-state index contributed by atoms with van der Waals surface area (Å²) in [7, 11) is 0. The van der Waals surface area contributed by atoms with Crippen LogP contribution in [0.15, 0.2) is 48.5 Å². The summed E-state index contributed by atoms with van der Waals surface area (Å²) >= 11 is 0. The minimum Gasteiger partial charge on any atom is -0.367 e. The maximum absolute atomic E-state index is 12.9. The zero-order chi connectivity index (χ0) is 22.0. The molecule has 2 heterocycles. The Bertz CT molecular complexity index is 1080. The summed E-state index contributed by atoms with van der Waals surface area (Å²) in [5.41, 5.74) is 7.78. The van der Waals surface area contributed by atoms with E-state index in [1.54, 1.807) is 0 Å². The number of para-hydroxylation sites is 2. The summed E-state index contributed by atoms with van der Waals surface area (Å²) in [6.07, 6.45) is 1.42. The maximum atomic E-state index is 12.9. The molecule has 5 heteroatoms. The zero-order valence-corrected chi connectivity index (χ0v) is 19.0. The van der Waals surface area contributed by atoms with Crippen molar-refractivity contribution in [3.63, 3.8) is 0 Å². The molecule has 0 bridgehead atoms. The van der Waals surface area contributed by atoms with Crippen molar-refractivity contribution >= 4 is 17.3 Å². The molecule has 0 aliphatic carbocycles. The summed E-state index contributed by atoms with van der Waals surface area (Å²) in [6, 6.07) is 16.7. The first kappa shape index (κ1) is 21.2. The third kappa shape index (κ3) is 4.66. The number of carbonyl (C=O) groups excluding carboxylic acids is 1. The van der Waals surface area contributed by atoms with E-state index < -0.39 is 0 Å². The van der Waals surface area contributed by atoms with Gasteiger partial charge in [0.1, 0.15) is 0 Å². The monoisotopic (exact) mass is 416 g/mol. The highest BCUT2D eigenvalue weighted by Gasteiger charge is 2.20. The fourth-order valence-corrected chi connectivity index (χ4v) is 4.43. The highest BCUT2D eigenvalue weighted by molar-refractivity contribution is 5.93. The third-order valence-corrected chi connectivity index (χ3v) is 6.04. The van der Waals surface area contributed by atoms with Crippen LogP contribution < -0.4 is 10.2 Å². The van der Waals surface area contributed by atoms with Gasteiger partial charge in [0.2, 0.25) is 5.91 Å². The van der Waals surface area contributed by atoms with Gasteiger partial charge in [-0.25, -0.2) is 0 Å². The molecule has 0 unspecified atom stereocenters. The van der Waals surface area contributed by atoms with Gasteiger partial charge in [-0.2, -0.15) is 5.10 Å². The molecule has 3 aromatic rings. The molecule has 1 amide bonds. The average molecular weight is 417 g/mol. The first-order valence-electron chi connectivity index (χ1n) is 11.2. The molecule has 162 valence electrons. The molecular weight excluding hydrogens is 384 g/mol. The van der Waals surface area contributed by atoms with Crippen molar-refractivity contribution in [1.29, 1.82) is 0 Å². The van der Waals surface area contributed by atoms with Crippen LogP contribution in [0.4, 0.5) is 11.4 Å². The first-order chi connectivity index (χ1) is 14.9. The van der Waals surface area contributed by atoms with Crippen molar-refractivity contribution in [1.82, 2.24) is 9.78 Å². The molecule has 0 saturated carbocycles. The molecule has 1 aromatic heterocycles. The number of rotatable bonds is 7. The SMILES string of the molecule is Cc1nn(CC(C)C)c(C)c1CC(=O)Nc1ccccc1CN1CCc2ccccc21. The summed E-state index contributed by atoms with van der Waals surface area (Å²) < 4.78 is 2.03. The van der Waals surface area contributed by atoms with Crippen LogP contribution in [0.2, 0.25) is 0 Å². The average Bonchev–Trinajstić information content (AvgIpc) is 3.25. The van der Waals surface area contributed by atoms with Gasteiger partial charge in [-0.3, -0.25) is 9.48 Å². The number of fused-ring (bicyclic) bond motifs is 1. The van der Waals surface area contributed by atoms with Gasteiger partial charge < -0.3 is 10.2 Å². The van der Waals surface area contributed by atoms with Gasteiger partial charge in [-0.1, -0.05) is 50.2 Å². The van der Waals surface area contributed by atoms with E-state index in [1.165, 1.54) is 11.3 Å². The van der Waals surface area contributed by atoms with E-state index in [9.17, 15) is 4.79 Å². The van der Waals surface area contributed by atoms with Crippen LogP contribution in [-0.2, 0) is 30.7 Å². The Balaban J connectivity index is 1.47. The number of anilines is 2. The van der Waals surface area contributed by atoms with Crippen LogP contribution in [0.1, 0.15) is 41.9 Å². The van der Waals surface area contributed by atoms with Crippen LogP contribution in [0.25, 0.3) is 0 Å². The fraction of sp³-hybridized carbons (Fsp3) is 0.385. The van der Waals surface area contributed by atoms with Crippen molar-refractivity contribution < 1.29 is 4.79 Å². The Hall–Kier alpha value is -3.08. The minimum atomic E-state index is 0.00423. The summed E-state index contributed by atoms with van der Waals surface area (Å²) in [5.74, 6) is 0.520. The van der Waals surface area contributed by atoms with E-state index >= 15 is 0 Å². The molecule has 1 N–H and O–H groups in total. The summed E-state index contributed by atoms with van der Waals surface area (Å²) in [6.45, 7) is 11.1. The smallest absolute Gasteiger partial charge is 0.228 e. The van der Waals surface area contributed by atoms with E-state index in [-0.39, 0.29) is 5.91 Å². The molecule has 0 atom stereocenters. The number of amides is 1. The number of hydrogen-bond donors (Lipinski definition) is 1. The Morgan fingerprint density at radius 3 is 2.65 bits per heavy atom. The van der Waals surface area contributed by atoms with E-state index in [1.807, 2.05) is 29.8 Å². The number of hydrogen-bond acceptors (Lipinski definition) is 3. The number of aromatic nitrogens is 2. The maximum Gasteiger partial charge on any atom is 0.228 e. The summed E-state index contributed by atoms with van der Waals surface area (Å²) in [5, 5.41) is 7.81. The Labute approximate surface area is 185 Å². The van der Waals surface area contributed by atoms with E-state index in [0.29, 0.717) is 12.3 Å². The quantitative estimate of drug-likeness (QED) is 0.596. The van der Waals surface area contributed by atoms with E-state index in [2.05, 4.69) is 66.4 Å². The number of carbonyl (C=O) groups is 1. The molecule has 0 saturated heterocycles. The van der Waals surface area contributed by atoms with Crippen LogP contribution >= 0.6 is 0 Å². The van der Waals surface area contributed by atoms with E-state index in [4.69, 9.17) is 0 Å². The zero-order valence-electron chi connectivity index (χ0n) is 19.0. The molecule has 5 nitrogen and oxygen atoms in total. The van der Waals surface area contributed by atoms with Crippen molar-refractivity contribution in [3.05, 3.63) is 76.6 Å². The second-order valence-electron chi connectivity index (χ2n) is 8.91. The van der Waals surface area contributed by atoms with Crippen molar-refractivity contribution in [2.75, 3.05) is 16.8 Å². The van der Waals surface area contributed by atoms with Gasteiger partial charge in [0.15, 0.2) is 0 Å². The molecule has 1 aliphatic rings. The van der Waals surface area contributed by atoms with Gasteiger partial charge in [0.25, 0.3) is 0 Å². The fourth-order valence-electron chi connectivity index (χ4n) is 4.43. The highest BCUT2D eigenvalue weighted by atomic mass is 16.1. The molecule has 0 spiro atoms. The normalized spacial score (nSPS) is 13.0. The number of nitrogens with zero attached hydrogens (tertiary/aromatic N) is 3. The third-order valence-electron chi connectivity index (χ3n) is 6.04. The van der Waals surface area contributed by atoms with Gasteiger partial charge in [-0.05, 0) is 49.4 Å². The predicted molar refractivity (Wildman–Crippen MR) is 127 cm³/mol. The van der Waals surface area contributed by atoms with Crippen LogP contribution in [0.3, 0.4) is 0 Å². The lowest BCUT2D eigenvalue weighted by molar-refractivity contribution is -0.115. The molecule has 0 fully saturated rings. The lowest BCUT2D eigenvalue weighted by atomic mass is 10.1. The highest BCUT2D eigenvalue weighted by Crippen LogP contribution is 2.30. The lowest BCUT2D eigenvalue weighted by Crippen LogP contribution is -2.22. The molecule has 2 aromatic carbocycles. The topological polar surface area (TPSA) is 50.2 Å². The predicted octanol–water partition coefficient (Wildman–Crippen LogP) is 4.90. The van der Waals surface area contributed by atoms with Crippen LogP contribution in [0, 0.1) is 19.8 Å². The second kappa shape index (κ2) is 8.96. The molecular formula is C26H32N4O. The molecule has 31 heavy (non-hydrogen) atoms. The van der Waals surface area contributed by atoms with Crippen LogP contribution in [0.5, 0.6) is 0 Å². The Kier molecular flexibility index (Phi) is 6.12. The van der Waals surface area contributed by atoms with Crippen molar-refractivity contribution in [2.24, 2.45) is 5.92 Å². The van der Waals surface area contributed by atoms with Crippen molar-refractivity contribution in [3.8, 4) is 0 Å². The Morgan fingerprint density at radius 2 is 1.84 bits per heavy atom. The second-order valence-corrected chi connectivity index (χ2v) is 8.91. The van der Waals surface area contributed by atoms with Gasteiger partial charge in [0, 0.05) is 42.3 Å². The van der Waals surface area contributed by atoms with Crippen molar-refractivity contribution in [2.45, 2.75) is 53.6 Å². The lowest BCUT2D eigenvalue weighted by Gasteiger charge is -2.21. The molecule has 1 aliphatic heterocycles. The van der Waals surface area contributed by atoms with E-state index in [0.717, 1.165) is 54.3 Å². The number of aryl methyl sites for hydroxylation is 1. The first-order valence-corrected chi connectivity index (χ1v) is 11.2. The standard InChI is InChI=1S/C26H32N4O/c1-18(2)16-30-20(4)23(19(3)28-30)15-26(31)27-24-11-7-5-10-22(24)17-29-14-13-21-9-6-8-12-25(21)29/h5-12,18H,13-17H2,1-4H3,(H,27,31). The van der Waals surface area contributed by atoms with Gasteiger partial charge >= 0.3 is 0 Å².